The van der Waals surface area contributed by atoms with Gasteiger partial charge in [0.15, 0.2) is 40.7 Å². The van der Waals surface area contributed by atoms with E-state index in [1.54, 1.807) is 121 Å². The van der Waals surface area contributed by atoms with Crippen LogP contribution in [0.15, 0.2) is 325 Å². The number of aromatic carboxylic acids is 3. The van der Waals surface area contributed by atoms with E-state index in [9.17, 15) is 68.6 Å². The number of aromatic hydroxyl groups is 2. The van der Waals surface area contributed by atoms with Gasteiger partial charge in [0.25, 0.3) is 11.2 Å². The molecule has 0 aliphatic carbocycles. The molecule has 6 N–H and O–H groups in total. The molecule has 13 aromatic carbocycles. The number of esters is 5. The number of nitro benzene ring substituents is 1. The fraction of sp³-hybridized carbons (Fsp3) is 0.0294. The van der Waals surface area contributed by atoms with Gasteiger partial charge in [-0.3, -0.25) is 14.9 Å². The minimum Gasteiger partial charge on any atom is -0.505 e. The van der Waals surface area contributed by atoms with Crippen LogP contribution in [0.1, 0.15) is 106 Å². The summed E-state index contributed by atoms with van der Waals surface area (Å²) in [4.78, 5) is 123. The zero-order chi connectivity index (χ0) is 98.9. The molecule has 1 aliphatic heterocycles. The van der Waals surface area contributed by atoms with E-state index in [2.05, 4.69) is 33.9 Å². The first-order valence-electron chi connectivity index (χ1n) is 39.8. The molecule has 0 amide bonds. The van der Waals surface area contributed by atoms with Gasteiger partial charge >= 0.3 is 47.8 Å². The normalized spacial score (nSPS) is 10.3. The molecule has 35 nitrogen and oxygen atoms in total. The van der Waals surface area contributed by atoms with Gasteiger partial charge < -0.3 is 82.3 Å². The van der Waals surface area contributed by atoms with Gasteiger partial charge in [-0.1, -0.05) is 121 Å². The number of para-hydroxylation sites is 6. The molecule has 0 radical (unpaired) electrons. The summed E-state index contributed by atoms with van der Waals surface area (Å²) in [6.45, 7) is 0. The first kappa shape index (κ1) is 98.3. The number of nitro groups is 1. The Morgan fingerprint density at radius 1 is 0.377 bits per heavy atom. The van der Waals surface area contributed by atoms with Crippen molar-refractivity contribution in [3.63, 3.8) is 0 Å². The highest BCUT2D eigenvalue weighted by molar-refractivity contribution is 6.35. The zero-order valence-corrected chi connectivity index (χ0v) is 72.5. The van der Waals surface area contributed by atoms with Crippen molar-refractivity contribution in [1.82, 2.24) is 15.0 Å². The lowest BCUT2D eigenvalue weighted by Crippen LogP contribution is -2.14. The molecular weight excluding hydrogens is 1800 g/mol. The van der Waals surface area contributed by atoms with Crippen molar-refractivity contribution < 1.29 is 121 Å². The van der Waals surface area contributed by atoms with Crippen LogP contribution < -0.4 is 34.0 Å². The minimum atomic E-state index is -1.31. The zero-order valence-electron chi connectivity index (χ0n) is 71.7. The van der Waals surface area contributed by atoms with Crippen LogP contribution in [0.3, 0.4) is 0 Å². The number of hydrogen-bond acceptors (Lipinski definition) is 30. The summed E-state index contributed by atoms with van der Waals surface area (Å²) in [7, 11) is 3.58. The number of halogens is 1. The van der Waals surface area contributed by atoms with Crippen molar-refractivity contribution in [1.29, 1.82) is 21.0 Å². The molecule has 0 bridgehead atoms. The summed E-state index contributed by atoms with van der Waals surface area (Å²) in [5.41, 5.74) is -0.403. The third-order valence-electron chi connectivity index (χ3n) is 18.7. The van der Waals surface area contributed by atoms with Crippen LogP contribution in [0.25, 0.3) is 32.9 Å². The van der Waals surface area contributed by atoms with E-state index in [4.69, 9.17) is 75.7 Å². The Morgan fingerprint density at radius 3 is 1.17 bits per heavy atom. The summed E-state index contributed by atoms with van der Waals surface area (Å²) in [6, 6.07) is 92.8. The second kappa shape index (κ2) is 47.3. The second-order valence-electron chi connectivity index (χ2n) is 27.5. The average molecular weight is 1870 g/mol. The van der Waals surface area contributed by atoms with E-state index in [1.807, 2.05) is 133 Å². The SMILES string of the molecule is COC(=O)c1[nH]c(=O)c2cc(Oc3ccccc3)ccc2c1O.COC(=O)c1nc(Cl)c2cc(Oc3ccccc3)ccc2c1O.COC(=O)c1ncoc1-c1cc(Oc2ccccc2)ccc1C(=O)O.N#Cc1ccc(Oc2ccccc2)cc1C#N.N#Cc1ccc([N+](=O)[O-])cc1C#N.O=C(O)c1ccc(Oc2ccccc2)cc1C(=O)O.O=C1OC(=O)c2cc(Oc3ccccc3)ccc21. The van der Waals surface area contributed by atoms with Gasteiger partial charge in [-0.2, -0.15) is 21.0 Å². The molecule has 0 atom stereocenters. The van der Waals surface area contributed by atoms with Crippen molar-refractivity contribution >= 4 is 86.6 Å². The number of oxazole rings is 1. The Morgan fingerprint density at radius 2 is 0.739 bits per heavy atom. The van der Waals surface area contributed by atoms with Crippen molar-refractivity contribution in [3.05, 3.63) is 409 Å². The first-order chi connectivity index (χ1) is 66.6. The van der Waals surface area contributed by atoms with Crippen LogP contribution in [-0.2, 0) is 18.9 Å². The van der Waals surface area contributed by atoms with Gasteiger partial charge in [0, 0.05) is 33.9 Å². The third kappa shape index (κ3) is 25.8. The molecule has 684 valence electrons. The number of nitrogens with zero attached hydrogens (tertiary/aromatic N) is 7. The molecule has 0 fully saturated rings. The lowest BCUT2D eigenvalue weighted by molar-refractivity contribution is -0.384. The molecule has 0 unspecified atom stereocenters. The Labute approximate surface area is 785 Å². The number of fused-ring (bicyclic) bond motifs is 3. The molecular formula is C102H67ClN8O27. The van der Waals surface area contributed by atoms with Gasteiger partial charge in [-0.05, 0) is 188 Å². The Bertz CT molecular complexity index is 7500. The standard InChI is InChI=1S/C18H13NO6.C17H12ClNO4.C17H13NO5.C14H8N2O.C14H10O5.C14H8O4.C8H3N3O2/c1-23-18(22)15-16(24-10-19-15)14-9-12(7-8-13(14)17(20)21)25-11-5-3-2-4-6-11;1-22-17(21)14-15(20)12-8-7-11(9-13(12)16(18)19-14)23-10-5-3-2-4-6-10;1-22-17(21)14-15(19)12-8-7-11(9-13(12)16(20)18-14)23-10-5-3-2-4-6-10;15-9-11-6-7-14(8-12(11)10-16)17-13-4-2-1-3-5-13;15-13(16)11-7-6-10(8-12(11)14(17)18)19-9-4-2-1-3-5-9;15-13-11-7-6-10(8-12(11)14(16)18-13)17-9-4-2-1-3-5-9;9-4-6-1-2-8(11(12)13)3-7(6)5-10/h2-10H,1H3,(H,20,21);2-9,20H,1H3;2-9,19H,1H3,(H,18,20);1-8H;1-8H,(H,15,16)(H,17,18);1-8H;1-3H. The highest BCUT2D eigenvalue weighted by Gasteiger charge is 2.31. The molecule has 138 heavy (non-hydrogen) atoms. The molecule has 36 heteroatoms. The quantitative estimate of drug-likeness (QED) is 0.0103. The smallest absolute Gasteiger partial charge is 0.360 e. The van der Waals surface area contributed by atoms with Crippen LogP contribution in [0.4, 0.5) is 5.69 Å². The summed E-state index contributed by atoms with van der Waals surface area (Å²) in [5.74, 6) is -1.45. The largest absolute Gasteiger partial charge is 0.505 e. The molecule has 0 saturated heterocycles. The van der Waals surface area contributed by atoms with E-state index in [-0.39, 0.29) is 106 Å². The number of benzene rings is 13. The Balaban J connectivity index is 0.000000156. The van der Waals surface area contributed by atoms with Gasteiger partial charge in [-0.15, -0.1) is 0 Å². The van der Waals surface area contributed by atoms with E-state index >= 15 is 0 Å². The second-order valence-corrected chi connectivity index (χ2v) is 27.9. The van der Waals surface area contributed by atoms with Crippen LogP contribution in [0, 0.1) is 55.4 Å². The van der Waals surface area contributed by atoms with Crippen LogP contribution >= 0.6 is 11.6 Å². The number of nitriles is 4. The van der Waals surface area contributed by atoms with Crippen molar-refractivity contribution in [2.45, 2.75) is 0 Å². The van der Waals surface area contributed by atoms with Gasteiger partial charge in [0.05, 0.1) is 81.7 Å². The first-order valence-corrected chi connectivity index (χ1v) is 40.2. The van der Waals surface area contributed by atoms with Crippen LogP contribution in [0.5, 0.6) is 80.5 Å². The molecule has 16 aromatic rings. The number of pyridine rings is 2. The topological polar surface area (TPSA) is 540 Å². The summed E-state index contributed by atoms with van der Waals surface area (Å²) >= 11 is 6.12. The van der Waals surface area contributed by atoms with Gasteiger partial charge in [-0.25, -0.2) is 48.3 Å². The predicted octanol–water partition coefficient (Wildman–Crippen LogP) is 20.8. The lowest BCUT2D eigenvalue weighted by Gasteiger charge is -2.10. The van der Waals surface area contributed by atoms with Crippen LogP contribution in [-0.4, -0.2) is 114 Å². The molecule has 0 saturated carbocycles. The maximum atomic E-state index is 12.1. The Hall–Kier alpha value is -20.3. The van der Waals surface area contributed by atoms with Crippen molar-refractivity contribution in [3.8, 4) is 116 Å². The summed E-state index contributed by atoms with van der Waals surface area (Å²) in [6.07, 6.45) is 1.05. The number of non-ortho nitro benzene ring substituents is 1. The summed E-state index contributed by atoms with van der Waals surface area (Å²) in [5, 5.41) is 94.0. The molecule has 1 aliphatic rings. The summed E-state index contributed by atoms with van der Waals surface area (Å²) < 4.78 is 57.2. The van der Waals surface area contributed by atoms with E-state index in [0.29, 0.717) is 85.1 Å². The predicted molar refractivity (Wildman–Crippen MR) is 492 cm³/mol. The molecule has 3 aromatic heterocycles. The highest BCUT2D eigenvalue weighted by Crippen LogP contribution is 2.39. The monoisotopic (exact) mass is 1870 g/mol. The number of carboxylic acid groups (broad SMARTS) is 3. The van der Waals surface area contributed by atoms with Crippen molar-refractivity contribution in [2.75, 3.05) is 21.3 Å². The van der Waals surface area contributed by atoms with E-state index in [1.165, 1.54) is 94.1 Å². The van der Waals surface area contributed by atoms with Gasteiger partial charge in [0.2, 0.25) is 0 Å². The molecule has 17 rings (SSSR count). The van der Waals surface area contributed by atoms with E-state index < -0.39 is 58.2 Å². The number of carboxylic acids is 3. The number of aromatic nitrogens is 3. The lowest BCUT2D eigenvalue weighted by atomic mass is 10.0. The number of methoxy groups -OCH3 is 3. The number of hydrogen-bond donors (Lipinski definition) is 6. The van der Waals surface area contributed by atoms with Gasteiger partial charge in [0.1, 0.15) is 98.4 Å². The van der Waals surface area contributed by atoms with Crippen LogP contribution in [0.2, 0.25) is 5.15 Å². The fourth-order valence-corrected chi connectivity index (χ4v) is 12.5. The van der Waals surface area contributed by atoms with E-state index in [0.717, 1.165) is 12.5 Å². The maximum absolute atomic E-state index is 12.1. The van der Waals surface area contributed by atoms with Crippen molar-refractivity contribution in [2.24, 2.45) is 0 Å². The number of H-pyrrole nitrogens is 1. The number of carbonyl (C=O) groups excluding carboxylic acids is 5. The maximum Gasteiger partial charge on any atom is 0.360 e. The number of cyclic esters (lactones) is 2. The minimum absolute atomic E-state index is 0.00256. The number of aromatic amines is 1. The number of ether oxygens (including phenoxy) is 10. The fourth-order valence-electron chi connectivity index (χ4n) is 12.2. The third-order valence-corrected chi connectivity index (χ3v) is 19.0. The number of rotatable bonds is 20. The Kier molecular flexibility index (Phi) is 33.7. The number of nitrogens with one attached hydrogen (secondary N) is 1. The average Bonchev–Trinajstić information content (AvgIpc) is 1.13. The number of carbonyl (C=O) groups is 8. The highest BCUT2D eigenvalue weighted by atomic mass is 35.5. The molecule has 0 spiro atoms. The molecule has 4 heterocycles.